The smallest absolute Gasteiger partial charge is 0.267 e. The van der Waals surface area contributed by atoms with Crippen LogP contribution in [0, 0.1) is 0 Å². The largest absolute Gasteiger partial charge is 0.376 e. The molecule has 0 spiro atoms. The highest BCUT2D eigenvalue weighted by Gasteiger charge is 2.19. The van der Waals surface area contributed by atoms with Crippen molar-refractivity contribution in [2.45, 2.75) is 18.9 Å². The predicted molar refractivity (Wildman–Crippen MR) is 113 cm³/mol. The van der Waals surface area contributed by atoms with Crippen LogP contribution in [-0.4, -0.2) is 36.1 Å². The third-order valence-corrected chi connectivity index (χ3v) is 5.73. The number of nitrogens with one attached hydrogen (secondary N) is 2. The standard InChI is InChI=1S/C22H21N3O3S/c26-20(23-13-16-9-6-12-28-16)17-10-4-5-11-18(17)25-21(27)19-14-24-22(29-19)15-7-2-1-3-8-15/h1-5,7-8,10-11,14,16H,6,9,12-13H2,(H,23,26)(H,25,27). The van der Waals surface area contributed by atoms with Crippen molar-refractivity contribution in [1.82, 2.24) is 10.3 Å². The molecule has 1 fully saturated rings. The molecule has 0 bridgehead atoms. The Bertz CT molecular complexity index is 997. The van der Waals surface area contributed by atoms with Crippen molar-refractivity contribution in [1.29, 1.82) is 0 Å². The Morgan fingerprint density at radius 2 is 1.86 bits per heavy atom. The van der Waals surface area contributed by atoms with Gasteiger partial charge in [-0.15, -0.1) is 11.3 Å². The molecule has 1 aliphatic rings. The number of ether oxygens (including phenoxy) is 1. The van der Waals surface area contributed by atoms with E-state index in [0.717, 1.165) is 30.0 Å². The zero-order valence-electron chi connectivity index (χ0n) is 15.8. The zero-order valence-corrected chi connectivity index (χ0v) is 16.6. The molecule has 7 heteroatoms. The minimum atomic E-state index is -0.288. The Morgan fingerprint density at radius 1 is 1.07 bits per heavy atom. The van der Waals surface area contributed by atoms with E-state index in [2.05, 4.69) is 15.6 Å². The van der Waals surface area contributed by atoms with Crippen LogP contribution in [0.5, 0.6) is 0 Å². The zero-order chi connectivity index (χ0) is 20.1. The maximum Gasteiger partial charge on any atom is 0.267 e. The molecule has 0 radical (unpaired) electrons. The van der Waals surface area contributed by atoms with E-state index in [4.69, 9.17) is 4.74 Å². The van der Waals surface area contributed by atoms with E-state index in [9.17, 15) is 9.59 Å². The summed E-state index contributed by atoms with van der Waals surface area (Å²) in [5.74, 6) is -0.519. The first kappa shape index (κ1) is 19.3. The summed E-state index contributed by atoms with van der Waals surface area (Å²) in [5.41, 5.74) is 1.86. The summed E-state index contributed by atoms with van der Waals surface area (Å²) in [4.78, 5) is 30.1. The molecule has 2 amide bonds. The number of hydrogen-bond acceptors (Lipinski definition) is 5. The van der Waals surface area contributed by atoms with Crippen molar-refractivity contribution in [3.63, 3.8) is 0 Å². The monoisotopic (exact) mass is 407 g/mol. The van der Waals surface area contributed by atoms with E-state index in [1.165, 1.54) is 11.3 Å². The molecule has 2 heterocycles. The van der Waals surface area contributed by atoms with E-state index < -0.39 is 0 Å². The fraction of sp³-hybridized carbons (Fsp3) is 0.227. The van der Waals surface area contributed by atoms with Crippen molar-refractivity contribution in [3.8, 4) is 10.6 Å². The van der Waals surface area contributed by atoms with Crippen LogP contribution in [0.1, 0.15) is 32.9 Å². The minimum Gasteiger partial charge on any atom is -0.376 e. The van der Waals surface area contributed by atoms with Gasteiger partial charge in [-0.05, 0) is 25.0 Å². The van der Waals surface area contributed by atoms with E-state index >= 15 is 0 Å². The minimum absolute atomic E-state index is 0.0642. The summed E-state index contributed by atoms with van der Waals surface area (Å²) in [6, 6.07) is 16.7. The Morgan fingerprint density at radius 3 is 2.66 bits per heavy atom. The number of carbonyl (C=O) groups is 2. The molecular weight excluding hydrogens is 386 g/mol. The van der Waals surface area contributed by atoms with Crippen molar-refractivity contribution in [3.05, 3.63) is 71.2 Å². The second kappa shape index (κ2) is 8.98. The molecule has 1 unspecified atom stereocenters. The molecule has 1 aromatic heterocycles. The Balaban J connectivity index is 1.44. The van der Waals surface area contributed by atoms with Gasteiger partial charge in [0, 0.05) is 18.7 Å². The average molecular weight is 407 g/mol. The van der Waals surface area contributed by atoms with Crippen LogP contribution in [0.3, 0.4) is 0 Å². The summed E-state index contributed by atoms with van der Waals surface area (Å²) in [6.45, 7) is 1.21. The summed E-state index contributed by atoms with van der Waals surface area (Å²) in [5, 5.41) is 6.51. The van der Waals surface area contributed by atoms with E-state index in [0.29, 0.717) is 22.7 Å². The number of para-hydroxylation sites is 1. The molecule has 1 atom stereocenters. The summed E-state index contributed by atoms with van der Waals surface area (Å²) in [7, 11) is 0. The van der Waals surface area contributed by atoms with Gasteiger partial charge in [0.1, 0.15) is 9.88 Å². The first-order valence-electron chi connectivity index (χ1n) is 9.52. The lowest BCUT2D eigenvalue weighted by molar-refractivity contribution is 0.0858. The number of rotatable bonds is 6. The number of hydrogen-bond donors (Lipinski definition) is 2. The molecule has 4 rings (SSSR count). The first-order valence-corrected chi connectivity index (χ1v) is 10.3. The first-order chi connectivity index (χ1) is 14.2. The number of anilines is 1. The van der Waals surface area contributed by atoms with Crippen LogP contribution in [0.15, 0.2) is 60.8 Å². The normalized spacial score (nSPS) is 15.8. The van der Waals surface area contributed by atoms with Crippen molar-refractivity contribution in [2.24, 2.45) is 0 Å². The molecule has 1 saturated heterocycles. The van der Waals surface area contributed by atoms with Gasteiger partial charge in [-0.1, -0.05) is 42.5 Å². The number of amides is 2. The third kappa shape index (κ3) is 4.70. The summed E-state index contributed by atoms with van der Waals surface area (Å²) >= 11 is 1.31. The van der Waals surface area contributed by atoms with Gasteiger partial charge in [-0.2, -0.15) is 0 Å². The van der Waals surface area contributed by atoms with Gasteiger partial charge in [-0.25, -0.2) is 4.98 Å². The molecule has 0 saturated carbocycles. The Hall–Kier alpha value is -3.03. The SMILES string of the molecule is O=C(Nc1ccccc1C(=O)NCC1CCCO1)c1cnc(-c2ccccc2)s1. The van der Waals surface area contributed by atoms with Crippen LogP contribution in [0.25, 0.3) is 10.6 Å². The molecule has 148 valence electrons. The predicted octanol–water partition coefficient (Wildman–Crippen LogP) is 3.97. The lowest BCUT2D eigenvalue weighted by Crippen LogP contribution is -2.32. The van der Waals surface area contributed by atoms with Gasteiger partial charge < -0.3 is 15.4 Å². The molecule has 29 heavy (non-hydrogen) atoms. The molecule has 0 aliphatic carbocycles. The highest BCUT2D eigenvalue weighted by molar-refractivity contribution is 7.17. The fourth-order valence-corrected chi connectivity index (χ4v) is 3.99. The molecule has 2 N–H and O–H groups in total. The molecule has 6 nitrogen and oxygen atoms in total. The van der Waals surface area contributed by atoms with Crippen LogP contribution in [-0.2, 0) is 4.74 Å². The lowest BCUT2D eigenvalue weighted by atomic mass is 10.1. The average Bonchev–Trinajstić information content (AvgIpc) is 3.45. The van der Waals surface area contributed by atoms with E-state index in [-0.39, 0.29) is 17.9 Å². The Kier molecular flexibility index (Phi) is 5.97. The highest BCUT2D eigenvalue weighted by atomic mass is 32.1. The van der Waals surface area contributed by atoms with Gasteiger partial charge in [0.2, 0.25) is 0 Å². The van der Waals surface area contributed by atoms with Crippen LogP contribution in [0.4, 0.5) is 5.69 Å². The van der Waals surface area contributed by atoms with Gasteiger partial charge in [-0.3, -0.25) is 9.59 Å². The number of carbonyl (C=O) groups excluding carboxylic acids is 2. The highest BCUT2D eigenvalue weighted by Crippen LogP contribution is 2.26. The number of nitrogens with zero attached hydrogens (tertiary/aromatic N) is 1. The van der Waals surface area contributed by atoms with Gasteiger partial charge >= 0.3 is 0 Å². The van der Waals surface area contributed by atoms with Crippen LogP contribution < -0.4 is 10.6 Å². The third-order valence-electron chi connectivity index (χ3n) is 4.68. The van der Waals surface area contributed by atoms with Gasteiger partial charge in [0.05, 0.1) is 23.6 Å². The second-order valence-corrected chi connectivity index (χ2v) is 7.77. The lowest BCUT2D eigenvalue weighted by Gasteiger charge is -2.13. The number of benzene rings is 2. The molecule has 1 aliphatic heterocycles. The Labute approximate surface area is 172 Å². The van der Waals surface area contributed by atoms with Gasteiger partial charge in [0.15, 0.2) is 0 Å². The quantitative estimate of drug-likeness (QED) is 0.648. The molecular formula is C22H21N3O3S. The van der Waals surface area contributed by atoms with Crippen molar-refractivity contribution >= 4 is 28.8 Å². The number of thiazole rings is 1. The molecule has 2 aromatic carbocycles. The number of aromatic nitrogens is 1. The van der Waals surface area contributed by atoms with Crippen LogP contribution >= 0.6 is 11.3 Å². The molecule has 3 aromatic rings. The summed E-state index contributed by atoms with van der Waals surface area (Å²) in [6.07, 6.45) is 3.60. The summed E-state index contributed by atoms with van der Waals surface area (Å²) < 4.78 is 5.54. The second-order valence-electron chi connectivity index (χ2n) is 6.74. The van der Waals surface area contributed by atoms with E-state index in [1.54, 1.807) is 30.5 Å². The maximum absolute atomic E-state index is 12.7. The fourth-order valence-electron chi connectivity index (χ4n) is 3.17. The maximum atomic E-state index is 12.7. The van der Waals surface area contributed by atoms with E-state index in [1.807, 2.05) is 30.3 Å². The van der Waals surface area contributed by atoms with Crippen molar-refractivity contribution < 1.29 is 14.3 Å². The topological polar surface area (TPSA) is 80.3 Å². The van der Waals surface area contributed by atoms with Gasteiger partial charge in [0.25, 0.3) is 11.8 Å². The van der Waals surface area contributed by atoms with Crippen molar-refractivity contribution in [2.75, 3.05) is 18.5 Å². The van der Waals surface area contributed by atoms with Crippen LogP contribution in [0.2, 0.25) is 0 Å².